The van der Waals surface area contributed by atoms with Crippen molar-refractivity contribution in [3.05, 3.63) is 87.9 Å². The average Bonchev–Trinajstić information content (AvgIpc) is 3.16. The third kappa shape index (κ3) is 4.43. The number of aryl methyl sites for hydroxylation is 1. The number of sulfone groups is 1. The summed E-state index contributed by atoms with van der Waals surface area (Å²) in [5.74, 6) is -1.04. The molecule has 0 fully saturated rings. The van der Waals surface area contributed by atoms with Gasteiger partial charge >= 0.3 is 0 Å². The molecule has 0 aliphatic rings. The summed E-state index contributed by atoms with van der Waals surface area (Å²) in [6, 6.07) is 15.4. The van der Waals surface area contributed by atoms with Crippen molar-refractivity contribution in [3.8, 4) is 0 Å². The quantitative estimate of drug-likeness (QED) is 0.673. The van der Waals surface area contributed by atoms with E-state index in [2.05, 4.69) is 5.32 Å². The lowest BCUT2D eigenvalue weighted by atomic mass is 10.2. The van der Waals surface area contributed by atoms with Crippen molar-refractivity contribution in [2.45, 2.75) is 17.1 Å². The van der Waals surface area contributed by atoms with E-state index in [4.69, 9.17) is 0 Å². The largest absolute Gasteiger partial charge is 0.350 e. The fourth-order valence-electron chi connectivity index (χ4n) is 2.65. The zero-order valence-corrected chi connectivity index (χ0v) is 16.2. The number of carbonyl (C=O) groups excluding carboxylic acids is 1. The number of halogens is 1. The Morgan fingerprint density at radius 3 is 2.48 bits per heavy atom. The first-order valence-corrected chi connectivity index (χ1v) is 10.7. The van der Waals surface area contributed by atoms with E-state index in [0.29, 0.717) is 4.88 Å². The molecule has 2 aromatic carbocycles. The second-order valence-corrected chi connectivity index (χ2v) is 9.19. The molecule has 1 heterocycles. The Morgan fingerprint density at radius 1 is 1.11 bits per heavy atom. The van der Waals surface area contributed by atoms with Crippen LogP contribution in [0, 0.1) is 12.7 Å². The van der Waals surface area contributed by atoms with Crippen molar-refractivity contribution >= 4 is 27.1 Å². The first-order chi connectivity index (χ1) is 12.9. The van der Waals surface area contributed by atoms with Gasteiger partial charge in [-0.05, 0) is 48.7 Å². The standard InChI is InChI=1S/C20H18FNO3S2/c1-14-7-9-17(10-8-14)27(24,25)19(18-6-3-11-26-18)13-22-20(23)15-4-2-5-16(21)12-15/h2-12,19H,13H2,1H3,(H,22,23)/t19-/m1/s1. The van der Waals surface area contributed by atoms with E-state index in [0.717, 1.165) is 11.6 Å². The third-order valence-electron chi connectivity index (χ3n) is 4.12. The van der Waals surface area contributed by atoms with Gasteiger partial charge in [0.15, 0.2) is 9.84 Å². The number of benzene rings is 2. The zero-order chi connectivity index (χ0) is 19.4. The molecule has 3 aromatic rings. The van der Waals surface area contributed by atoms with Crippen molar-refractivity contribution in [1.82, 2.24) is 5.32 Å². The monoisotopic (exact) mass is 403 g/mol. The van der Waals surface area contributed by atoms with Crippen LogP contribution in [-0.4, -0.2) is 20.9 Å². The molecule has 0 radical (unpaired) electrons. The van der Waals surface area contributed by atoms with Gasteiger partial charge in [0.05, 0.1) is 4.90 Å². The molecule has 0 bridgehead atoms. The number of rotatable bonds is 6. The Kier molecular flexibility index (Phi) is 5.72. The van der Waals surface area contributed by atoms with Crippen LogP contribution < -0.4 is 5.32 Å². The van der Waals surface area contributed by atoms with Crippen molar-refractivity contribution in [1.29, 1.82) is 0 Å². The summed E-state index contributed by atoms with van der Waals surface area (Å²) in [5.41, 5.74) is 1.11. The van der Waals surface area contributed by atoms with Gasteiger partial charge in [0.25, 0.3) is 5.91 Å². The summed E-state index contributed by atoms with van der Waals surface area (Å²) in [4.78, 5) is 13.1. The van der Waals surface area contributed by atoms with E-state index in [1.807, 2.05) is 6.92 Å². The highest BCUT2D eigenvalue weighted by Gasteiger charge is 2.30. The molecule has 1 atom stereocenters. The summed E-state index contributed by atoms with van der Waals surface area (Å²) in [6.45, 7) is 1.78. The van der Waals surface area contributed by atoms with E-state index in [1.54, 1.807) is 41.8 Å². The third-order valence-corrected chi connectivity index (χ3v) is 7.35. The molecule has 0 saturated carbocycles. The first kappa shape index (κ1) is 19.3. The van der Waals surface area contributed by atoms with Gasteiger partial charge in [0, 0.05) is 17.0 Å². The predicted molar refractivity (Wildman–Crippen MR) is 104 cm³/mol. The van der Waals surface area contributed by atoms with Gasteiger partial charge in [0.2, 0.25) is 0 Å². The van der Waals surface area contributed by atoms with Crippen LogP contribution in [0.5, 0.6) is 0 Å². The molecule has 0 saturated heterocycles. The van der Waals surface area contributed by atoms with Gasteiger partial charge in [-0.3, -0.25) is 4.79 Å². The van der Waals surface area contributed by atoms with Crippen LogP contribution in [0.4, 0.5) is 4.39 Å². The van der Waals surface area contributed by atoms with Crippen molar-refractivity contribution < 1.29 is 17.6 Å². The molecule has 0 spiro atoms. The molecule has 27 heavy (non-hydrogen) atoms. The Bertz CT molecular complexity index is 1030. The summed E-state index contributed by atoms with van der Waals surface area (Å²) in [5, 5.41) is 3.50. The highest BCUT2D eigenvalue weighted by molar-refractivity contribution is 7.91. The second kappa shape index (κ2) is 8.02. The van der Waals surface area contributed by atoms with Crippen molar-refractivity contribution in [3.63, 3.8) is 0 Å². The molecular formula is C20H18FNO3S2. The first-order valence-electron chi connectivity index (χ1n) is 8.25. The van der Waals surface area contributed by atoms with Crippen molar-refractivity contribution in [2.24, 2.45) is 0 Å². The molecule has 7 heteroatoms. The van der Waals surface area contributed by atoms with Crippen LogP contribution in [0.2, 0.25) is 0 Å². The van der Waals surface area contributed by atoms with E-state index in [1.165, 1.54) is 29.5 Å². The number of thiophene rings is 1. The van der Waals surface area contributed by atoms with Gasteiger partial charge in [-0.1, -0.05) is 29.8 Å². The highest BCUT2D eigenvalue weighted by Crippen LogP contribution is 2.31. The fourth-order valence-corrected chi connectivity index (χ4v) is 5.43. The molecule has 0 aliphatic carbocycles. The minimum Gasteiger partial charge on any atom is -0.350 e. The van der Waals surface area contributed by atoms with Crippen LogP contribution in [0.25, 0.3) is 0 Å². The number of hydrogen-bond donors (Lipinski definition) is 1. The molecule has 140 valence electrons. The molecule has 0 aliphatic heterocycles. The van der Waals surface area contributed by atoms with Crippen LogP contribution in [0.1, 0.15) is 26.0 Å². The molecular weight excluding hydrogens is 385 g/mol. The lowest BCUT2D eigenvalue weighted by Gasteiger charge is -2.17. The van der Waals surface area contributed by atoms with E-state index in [9.17, 15) is 17.6 Å². The summed E-state index contributed by atoms with van der Waals surface area (Å²) in [6.07, 6.45) is 0. The minimum absolute atomic E-state index is 0.105. The topological polar surface area (TPSA) is 63.2 Å². The second-order valence-electron chi connectivity index (χ2n) is 6.08. The molecule has 0 unspecified atom stereocenters. The Morgan fingerprint density at radius 2 is 1.85 bits per heavy atom. The minimum atomic E-state index is -3.71. The van der Waals surface area contributed by atoms with E-state index < -0.39 is 26.8 Å². The van der Waals surface area contributed by atoms with E-state index in [-0.39, 0.29) is 17.0 Å². The predicted octanol–water partition coefficient (Wildman–Crippen LogP) is 4.14. The van der Waals surface area contributed by atoms with Gasteiger partial charge in [-0.25, -0.2) is 12.8 Å². The number of nitrogens with one attached hydrogen (secondary N) is 1. The molecule has 1 aromatic heterocycles. The fraction of sp³-hybridized carbons (Fsp3) is 0.150. The normalized spacial score (nSPS) is 12.5. The Hall–Kier alpha value is -2.51. The van der Waals surface area contributed by atoms with E-state index >= 15 is 0 Å². The maximum atomic E-state index is 13.3. The summed E-state index contributed by atoms with van der Waals surface area (Å²) in [7, 11) is -3.71. The van der Waals surface area contributed by atoms with Crippen LogP contribution in [0.15, 0.2) is 70.9 Å². The zero-order valence-electron chi connectivity index (χ0n) is 14.6. The number of hydrogen-bond acceptors (Lipinski definition) is 4. The van der Waals surface area contributed by atoms with Crippen molar-refractivity contribution in [2.75, 3.05) is 6.54 Å². The van der Waals surface area contributed by atoms with Crippen LogP contribution in [0.3, 0.4) is 0 Å². The average molecular weight is 404 g/mol. The number of amides is 1. The maximum absolute atomic E-state index is 13.3. The van der Waals surface area contributed by atoms with Crippen LogP contribution >= 0.6 is 11.3 Å². The van der Waals surface area contributed by atoms with Gasteiger partial charge in [-0.15, -0.1) is 11.3 Å². The highest BCUT2D eigenvalue weighted by atomic mass is 32.2. The van der Waals surface area contributed by atoms with Gasteiger partial charge in [0.1, 0.15) is 11.1 Å². The summed E-state index contributed by atoms with van der Waals surface area (Å²) < 4.78 is 39.6. The molecule has 3 rings (SSSR count). The number of carbonyl (C=O) groups is 1. The van der Waals surface area contributed by atoms with Gasteiger partial charge < -0.3 is 5.32 Å². The molecule has 4 nitrogen and oxygen atoms in total. The maximum Gasteiger partial charge on any atom is 0.251 e. The smallest absolute Gasteiger partial charge is 0.251 e. The lowest BCUT2D eigenvalue weighted by molar-refractivity contribution is 0.0953. The Balaban J connectivity index is 1.86. The molecule has 1 N–H and O–H groups in total. The SMILES string of the molecule is Cc1ccc(S(=O)(=O)[C@H](CNC(=O)c2cccc(F)c2)c2cccs2)cc1. The molecule has 1 amide bonds. The Labute approximate surface area is 161 Å². The lowest BCUT2D eigenvalue weighted by Crippen LogP contribution is -2.31. The van der Waals surface area contributed by atoms with Gasteiger partial charge in [-0.2, -0.15) is 0 Å². The van der Waals surface area contributed by atoms with Crippen LogP contribution in [-0.2, 0) is 9.84 Å². The summed E-state index contributed by atoms with van der Waals surface area (Å²) >= 11 is 1.32.